The van der Waals surface area contributed by atoms with Crippen LogP contribution in [0.15, 0.2) is 42.0 Å². The van der Waals surface area contributed by atoms with E-state index in [9.17, 15) is 9.18 Å². The van der Waals surface area contributed by atoms with Gasteiger partial charge >= 0.3 is 0 Å². The third kappa shape index (κ3) is 3.47. The molecule has 3 rings (SSSR count). The zero-order chi connectivity index (χ0) is 20.4. The molecule has 0 N–H and O–H groups in total. The summed E-state index contributed by atoms with van der Waals surface area (Å²) in [5.41, 5.74) is 2.65. The van der Waals surface area contributed by atoms with Gasteiger partial charge in [-0.3, -0.25) is 4.79 Å². The van der Waals surface area contributed by atoms with Crippen molar-refractivity contribution in [2.24, 2.45) is 0 Å². The van der Waals surface area contributed by atoms with E-state index >= 15 is 0 Å². The fourth-order valence-electron chi connectivity index (χ4n) is 3.60. The van der Waals surface area contributed by atoms with E-state index in [2.05, 4.69) is 0 Å². The van der Waals surface area contributed by atoms with Gasteiger partial charge in [-0.25, -0.2) is 4.39 Å². The number of hydrogen-bond donors (Lipinski definition) is 0. The zero-order valence-electron chi connectivity index (χ0n) is 16.4. The lowest BCUT2D eigenvalue weighted by Gasteiger charge is -2.38. The number of allylic oxidation sites excluding steroid dienone is 1. The summed E-state index contributed by atoms with van der Waals surface area (Å²) in [5, 5.41) is 0.281. The topological polar surface area (TPSA) is 38.8 Å². The van der Waals surface area contributed by atoms with Crippen molar-refractivity contribution >= 4 is 17.5 Å². The highest BCUT2D eigenvalue weighted by Gasteiger charge is 2.36. The molecule has 0 saturated heterocycles. The fraction of sp³-hybridized carbons (Fsp3) is 0.318. The molecular formula is C22H23ClFNO3. The van der Waals surface area contributed by atoms with Crippen LogP contribution in [0.4, 0.5) is 4.39 Å². The van der Waals surface area contributed by atoms with E-state index in [1.165, 1.54) is 6.07 Å². The molecule has 4 nitrogen and oxygen atoms in total. The van der Waals surface area contributed by atoms with Crippen LogP contribution < -0.4 is 9.47 Å². The lowest BCUT2D eigenvalue weighted by molar-refractivity contribution is -0.129. The van der Waals surface area contributed by atoms with E-state index in [0.717, 1.165) is 11.1 Å². The van der Waals surface area contributed by atoms with Crippen molar-refractivity contribution in [1.29, 1.82) is 0 Å². The molecule has 2 aromatic rings. The van der Waals surface area contributed by atoms with Crippen LogP contribution in [-0.4, -0.2) is 31.6 Å². The number of amides is 1. The third-order valence-electron chi connectivity index (χ3n) is 5.18. The minimum Gasteiger partial charge on any atom is -0.493 e. The van der Waals surface area contributed by atoms with Crippen molar-refractivity contribution in [2.45, 2.75) is 26.3 Å². The van der Waals surface area contributed by atoms with Crippen LogP contribution in [0.5, 0.6) is 11.5 Å². The number of ether oxygens (including phenoxy) is 2. The van der Waals surface area contributed by atoms with Crippen molar-refractivity contribution in [3.05, 3.63) is 69.5 Å². The predicted octanol–water partition coefficient (Wildman–Crippen LogP) is 4.94. The Balaban J connectivity index is 2.26. The van der Waals surface area contributed by atoms with Gasteiger partial charge in [-0.2, -0.15) is 0 Å². The highest BCUT2D eigenvalue weighted by atomic mass is 35.5. The molecule has 0 fully saturated rings. The third-order valence-corrected chi connectivity index (χ3v) is 5.51. The summed E-state index contributed by atoms with van der Waals surface area (Å²) in [6.07, 6.45) is 2.38. The molecule has 6 heteroatoms. The number of methoxy groups -OCH3 is 2. The standard InChI is InChI=1S/C22H23ClFNO3/c1-5-13(2)22(26)25-10-9-14-11-18(27-3)19(28-4)12-15(14)21(25)20-16(23)7-6-8-17(20)24/h5-8,11-12,21H,9-10H2,1-4H3/b13-5+/t21-/m0/s1. The zero-order valence-corrected chi connectivity index (χ0v) is 17.1. The molecule has 28 heavy (non-hydrogen) atoms. The first-order valence-corrected chi connectivity index (χ1v) is 9.43. The Morgan fingerprint density at radius 3 is 2.54 bits per heavy atom. The summed E-state index contributed by atoms with van der Waals surface area (Å²) in [6, 6.07) is 7.61. The maximum Gasteiger partial charge on any atom is 0.249 e. The summed E-state index contributed by atoms with van der Waals surface area (Å²) >= 11 is 6.40. The number of benzene rings is 2. The van der Waals surface area contributed by atoms with E-state index in [1.54, 1.807) is 44.3 Å². The van der Waals surface area contributed by atoms with Gasteiger partial charge in [0.15, 0.2) is 11.5 Å². The van der Waals surface area contributed by atoms with Crippen molar-refractivity contribution in [2.75, 3.05) is 20.8 Å². The summed E-state index contributed by atoms with van der Waals surface area (Å²) in [7, 11) is 3.12. The van der Waals surface area contributed by atoms with E-state index in [-0.39, 0.29) is 16.5 Å². The second-order valence-electron chi connectivity index (χ2n) is 6.66. The Bertz CT molecular complexity index is 921. The highest BCUT2D eigenvalue weighted by Crippen LogP contribution is 2.43. The van der Waals surface area contributed by atoms with Gasteiger partial charge in [0.2, 0.25) is 5.91 Å². The number of fused-ring (bicyclic) bond motifs is 1. The Hall–Kier alpha value is -2.53. The summed E-state index contributed by atoms with van der Waals surface area (Å²) in [5.74, 6) is 0.531. The number of carbonyl (C=O) groups excluding carboxylic acids is 1. The minimum atomic E-state index is -0.653. The van der Waals surface area contributed by atoms with Crippen LogP contribution in [0.1, 0.15) is 36.6 Å². The molecule has 0 aromatic heterocycles. The second kappa shape index (κ2) is 8.23. The Kier molecular flexibility index (Phi) is 5.94. The molecule has 1 amide bonds. The number of hydrogen-bond acceptors (Lipinski definition) is 3. The molecule has 0 saturated carbocycles. The maximum atomic E-state index is 14.9. The molecule has 0 radical (unpaired) electrons. The summed E-state index contributed by atoms with van der Waals surface area (Å²) in [6.45, 7) is 4.01. The van der Waals surface area contributed by atoms with Crippen LogP contribution in [0.25, 0.3) is 0 Å². The van der Waals surface area contributed by atoms with Gasteiger partial charge in [-0.1, -0.05) is 23.7 Å². The smallest absolute Gasteiger partial charge is 0.249 e. The van der Waals surface area contributed by atoms with Gasteiger partial charge < -0.3 is 14.4 Å². The van der Waals surface area contributed by atoms with E-state index in [1.807, 2.05) is 19.1 Å². The van der Waals surface area contributed by atoms with Gasteiger partial charge in [0, 0.05) is 22.7 Å². The Labute approximate surface area is 169 Å². The predicted molar refractivity (Wildman–Crippen MR) is 108 cm³/mol. The van der Waals surface area contributed by atoms with Crippen LogP contribution in [0.2, 0.25) is 5.02 Å². The molecule has 1 heterocycles. The van der Waals surface area contributed by atoms with Gasteiger partial charge in [-0.05, 0) is 55.7 Å². The van der Waals surface area contributed by atoms with E-state index in [4.69, 9.17) is 21.1 Å². The number of rotatable bonds is 4. The first kappa shape index (κ1) is 20.2. The lowest BCUT2D eigenvalue weighted by Crippen LogP contribution is -2.41. The van der Waals surface area contributed by atoms with Crippen molar-refractivity contribution in [1.82, 2.24) is 4.90 Å². The van der Waals surface area contributed by atoms with Crippen molar-refractivity contribution in [3.8, 4) is 11.5 Å². The quantitative estimate of drug-likeness (QED) is 0.679. The van der Waals surface area contributed by atoms with Gasteiger partial charge in [-0.15, -0.1) is 0 Å². The fourth-order valence-corrected chi connectivity index (χ4v) is 3.86. The average molecular weight is 404 g/mol. The van der Waals surface area contributed by atoms with Crippen LogP contribution in [0.3, 0.4) is 0 Å². The lowest BCUT2D eigenvalue weighted by atomic mass is 9.87. The molecule has 0 aliphatic carbocycles. The normalized spacial score (nSPS) is 16.6. The molecular weight excluding hydrogens is 381 g/mol. The molecule has 0 unspecified atom stereocenters. The Morgan fingerprint density at radius 1 is 1.25 bits per heavy atom. The molecule has 0 bridgehead atoms. The molecule has 2 aromatic carbocycles. The maximum absolute atomic E-state index is 14.9. The van der Waals surface area contributed by atoms with E-state index < -0.39 is 11.9 Å². The molecule has 0 spiro atoms. The monoisotopic (exact) mass is 403 g/mol. The van der Waals surface area contributed by atoms with Crippen molar-refractivity contribution < 1.29 is 18.7 Å². The van der Waals surface area contributed by atoms with E-state index in [0.29, 0.717) is 30.0 Å². The first-order chi connectivity index (χ1) is 13.4. The van der Waals surface area contributed by atoms with Gasteiger partial charge in [0.05, 0.1) is 20.3 Å². The van der Waals surface area contributed by atoms with Gasteiger partial charge in [0.25, 0.3) is 0 Å². The number of halogens is 2. The van der Waals surface area contributed by atoms with Crippen molar-refractivity contribution in [3.63, 3.8) is 0 Å². The Morgan fingerprint density at radius 2 is 1.93 bits per heavy atom. The van der Waals surface area contributed by atoms with Crippen LogP contribution in [-0.2, 0) is 11.2 Å². The summed E-state index contributed by atoms with van der Waals surface area (Å²) in [4.78, 5) is 14.7. The molecule has 1 atom stereocenters. The van der Waals surface area contributed by atoms with Gasteiger partial charge in [0.1, 0.15) is 5.82 Å². The first-order valence-electron chi connectivity index (χ1n) is 9.05. The largest absolute Gasteiger partial charge is 0.493 e. The van der Waals surface area contributed by atoms with Crippen LogP contribution >= 0.6 is 11.6 Å². The summed E-state index contributed by atoms with van der Waals surface area (Å²) < 4.78 is 25.7. The molecule has 1 aliphatic heterocycles. The molecule has 148 valence electrons. The molecule has 1 aliphatic rings. The average Bonchev–Trinajstić information content (AvgIpc) is 2.71. The number of nitrogens with zero attached hydrogens (tertiary/aromatic N) is 1. The second-order valence-corrected chi connectivity index (χ2v) is 7.07. The SMILES string of the molecule is C/C=C(\C)C(=O)N1CCc2cc(OC)c(OC)cc2[C@H]1c1c(F)cccc1Cl. The minimum absolute atomic E-state index is 0.146. The highest BCUT2D eigenvalue weighted by molar-refractivity contribution is 6.31. The van der Waals surface area contributed by atoms with Crippen LogP contribution in [0, 0.1) is 5.82 Å². The number of carbonyl (C=O) groups is 1.